The van der Waals surface area contributed by atoms with E-state index in [1.807, 2.05) is 0 Å². The highest BCUT2D eigenvalue weighted by molar-refractivity contribution is 5.95. The molecule has 0 saturated heterocycles. The van der Waals surface area contributed by atoms with E-state index in [0.29, 0.717) is 36.1 Å². The van der Waals surface area contributed by atoms with E-state index < -0.39 is 5.97 Å². The summed E-state index contributed by atoms with van der Waals surface area (Å²) >= 11 is 0. The van der Waals surface area contributed by atoms with Gasteiger partial charge in [-0.05, 0) is 24.1 Å². The molecule has 0 aliphatic carbocycles. The van der Waals surface area contributed by atoms with Gasteiger partial charge in [0.1, 0.15) is 6.61 Å². The van der Waals surface area contributed by atoms with Crippen molar-refractivity contribution < 1.29 is 14.3 Å². The first-order chi connectivity index (χ1) is 8.50. The fraction of sp³-hybridized carbons (Fsp3) is 0.462. The van der Waals surface area contributed by atoms with Crippen LogP contribution in [0.4, 0.5) is 11.4 Å². The van der Waals surface area contributed by atoms with Crippen molar-refractivity contribution in [2.24, 2.45) is 5.92 Å². The van der Waals surface area contributed by atoms with E-state index in [4.69, 9.17) is 20.9 Å². The van der Waals surface area contributed by atoms with E-state index in [0.717, 1.165) is 0 Å². The maximum atomic E-state index is 11.7. The summed E-state index contributed by atoms with van der Waals surface area (Å²) < 4.78 is 10.3. The summed E-state index contributed by atoms with van der Waals surface area (Å²) in [7, 11) is 0. The fourth-order valence-corrected chi connectivity index (χ4v) is 1.36. The number of anilines is 2. The zero-order valence-corrected chi connectivity index (χ0v) is 10.8. The van der Waals surface area contributed by atoms with Crippen LogP contribution in [0.2, 0.25) is 0 Å². The molecular weight excluding hydrogens is 232 g/mol. The number of nitrogen functional groups attached to an aromatic ring is 2. The summed E-state index contributed by atoms with van der Waals surface area (Å²) in [4.78, 5) is 11.7. The minimum absolute atomic E-state index is 0.218. The number of carbonyl (C=O) groups is 1. The number of hydrogen-bond acceptors (Lipinski definition) is 5. The Balaban J connectivity index is 2.36. The van der Waals surface area contributed by atoms with Gasteiger partial charge in [-0.1, -0.05) is 13.8 Å². The highest BCUT2D eigenvalue weighted by atomic mass is 16.6. The molecule has 0 aromatic heterocycles. The van der Waals surface area contributed by atoms with Crippen molar-refractivity contribution in [1.82, 2.24) is 0 Å². The number of rotatable bonds is 6. The molecular formula is C13H20N2O3. The molecule has 0 unspecified atom stereocenters. The third-order valence-electron chi connectivity index (χ3n) is 2.21. The molecule has 0 bridgehead atoms. The molecule has 18 heavy (non-hydrogen) atoms. The molecule has 0 aliphatic rings. The van der Waals surface area contributed by atoms with E-state index in [1.54, 1.807) is 12.1 Å². The first-order valence-corrected chi connectivity index (χ1v) is 5.90. The summed E-state index contributed by atoms with van der Waals surface area (Å²) in [6, 6.07) is 4.70. The Morgan fingerprint density at radius 2 is 2.00 bits per heavy atom. The van der Waals surface area contributed by atoms with Crippen LogP contribution in [-0.2, 0) is 9.47 Å². The summed E-state index contributed by atoms with van der Waals surface area (Å²) in [6.07, 6.45) is 0. The highest BCUT2D eigenvalue weighted by Crippen LogP contribution is 2.16. The topological polar surface area (TPSA) is 87.6 Å². The summed E-state index contributed by atoms with van der Waals surface area (Å²) in [5.41, 5.74) is 12.4. The van der Waals surface area contributed by atoms with Gasteiger partial charge in [-0.2, -0.15) is 0 Å². The number of nitrogens with two attached hydrogens (primary N) is 2. The van der Waals surface area contributed by atoms with Crippen LogP contribution >= 0.6 is 0 Å². The van der Waals surface area contributed by atoms with Gasteiger partial charge in [0.2, 0.25) is 0 Å². The quantitative estimate of drug-likeness (QED) is 0.457. The normalized spacial score (nSPS) is 10.6. The highest BCUT2D eigenvalue weighted by Gasteiger charge is 2.10. The Kier molecular flexibility index (Phi) is 5.45. The van der Waals surface area contributed by atoms with E-state index in [1.165, 1.54) is 6.07 Å². The van der Waals surface area contributed by atoms with Crippen molar-refractivity contribution in [3.8, 4) is 0 Å². The molecule has 0 atom stereocenters. The predicted octanol–water partition coefficient (Wildman–Crippen LogP) is 1.68. The zero-order valence-electron chi connectivity index (χ0n) is 10.8. The van der Waals surface area contributed by atoms with Crippen LogP contribution in [0.15, 0.2) is 18.2 Å². The molecule has 0 aliphatic heterocycles. The molecule has 0 amide bonds. The van der Waals surface area contributed by atoms with E-state index in [-0.39, 0.29) is 6.61 Å². The van der Waals surface area contributed by atoms with Gasteiger partial charge in [-0.3, -0.25) is 0 Å². The number of esters is 1. The molecule has 0 fully saturated rings. The lowest BCUT2D eigenvalue weighted by molar-refractivity contribution is 0.0278. The molecule has 1 aromatic rings. The zero-order chi connectivity index (χ0) is 13.5. The van der Waals surface area contributed by atoms with Gasteiger partial charge in [-0.15, -0.1) is 0 Å². The second kappa shape index (κ2) is 6.86. The molecule has 0 saturated carbocycles. The van der Waals surface area contributed by atoms with Crippen molar-refractivity contribution in [3.63, 3.8) is 0 Å². The van der Waals surface area contributed by atoms with Crippen LogP contribution in [0, 0.1) is 5.92 Å². The molecule has 1 rings (SSSR count). The molecule has 0 heterocycles. The maximum Gasteiger partial charge on any atom is 0.340 e. The number of ether oxygens (including phenoxy) is 2. The van der Waals surface area contributed by atoms with Crippen LogP contribution < -0.4 is 11.5 Å². The second-order valence-corrected chi connectivity index (χ2v) is 4.45. The van der Waals surface area contributed by atoms with Crippen LogP contribution in [0.25, 0.3) is 0 Å². The van der Waals surface area contributed by atoms with Crippen LogP contribution in [0.1, 0.15) is 24.2 Å². The predicted molar refractivity (Wildman–Crippen MR) is 71.2 cm³/mol. The van der Waals surface area contributed by atoms with Crippen LogP contribution in [0.5, 0.6) is 0 Å². The van der Waals surface area contributed by atoms with Crippen molar-refractivity contribution in [3.05, 3.63) is 23.8 Å². The van der Waals surface area contributed by atoms with Crippen molar-refractivity contribution in [2.45, 2.75) is 13.8 Å². The fourth-order valence-electron chi connectivity index (χ4n) is 1.36. The van der Waals surface area contributed by atoms with Gasteiger partial charge in [0.15, 0.2) is 0 Å². The molecule has 0 spiro atoms. The van der Waals surface area contributed by atoms with Gasteiger partial charge in [0.05, 0.1) is 12.2 Å². The molecule has 100 valence electrons. The second-order valence-electron chi connectivity index (χ2n) is 4.45. The molecule has 1 aromatic carbocycles. The van der Waals surface area contributed by atoms with Gasteiger partial charge in [-0.25, -0.2) is 4.79 Å². The number of carbonyl (C=O) groups excluding carboxylic acids is 1. The molecule has 5 nitrogen and oxygen atoms in total. The number of benzene rings is 1. The minimum atomic E-state index is -0.458. The average molecular weight is 252 g/mol. The smallest absolute Gasteiger partial charge is 0.340 e. The first-order valence-electron chi connectivity index (χ1n) is 5.90. The monoisotopic (exact) mass is 252 g/mol. The molecule has 4 N–H and O–H groups in total. The van der Waals surface area contributed by atoms with E-state index >= 15 is 0 Å². The Morgan fingerprint density at radius 3 is 2.61 bits per heavy atom. The summed E-state index contributed by atoms with van der Waals surface area (Å²) in [5.74, 6) is 0.00842. The summed E-state index contributed by atoms with van der Waals surface area (Å²) in [5, 5.41) is 0. The lowest BCUT2D eigenvalue weighted by atomic mass is 10.1. The van der Waals surface area contributed by atoms with Crippen molar-refractivity contribution >= 4 is 17.3 Å². The van der Waals surface area contributed by atoms with Crippen molar-refractivity contribution in [1.29, 1.82) is 0 Å². The first kappa shape index (κ1) is 14.3. The van der Waals surface area contributed by atoms with Crippen LogP contribution in [0.3, 0.4) is 0 Å². The van der Waals surface area contributed by atoms with Gasteiger partial charge >= 0.3 is 5.97 Å². The van der Waals surface area contributed by atoms with Gasteiger partial charge in [0.25, 0.3) is 0 Å². The van der Waals surface area contributed by atoms with Crippen molar-refractivity contribution in [2.75, 3.05) is 31.3 Å². The molecule has 0 radical (unpaired) electrons. The Labute approximate surface area is 107 Å². The minimum Gasteiger partial charge on any atom is -0.460 e. The summed E-state index contributed by atoms with van der Waals surface area (Å²) in [6.45, 7) is 5.37. The Hall–Kier alpha value is -1.75. The molecule has 5 heteroatoms. The third-order valence-corrected chi connectivity index (χ3v) is 2.21. The maximum absolute atomic E-state index is 11.7. The standard InChI is InChI=1S/C13H20N2O3/c1-9(2)8-17-5-6-18-13(16)11-4-3-10(14)7-12(11)15/h3-4,7,9H,5-6,8,14-15H2,1-2H3. The van der Waals surface area contributed by atoms with Gasteiger partial charge in [0, 0.05) is 18.0 Å². The SMILES string of the molecule is CC(C)COCCOC(=O)c1ccc(N)cc1N. The van der Waals surface area contributed by atoms with Gasteiger partial charge < -0.3 is 20.9 Å². The average Bonchev–Trinajstić information content (AvgIpc) is 2.27. The lowest BCUT2D eigenvalue weighted by Gasteiger charge is -2.09. The lowest BCUT2D eigenvalue weighted by Crippen LogP contribution is -2.14. The Bertz CT molecular complexity index is 405. The van der Waals surface area contributed by atoms with E-state index in [2.05, 4.69) is 13.8 Å². The largest absolute Gasteiger partial charge is 0.460 e. The van der Waals surface area contributed by atoms with Crippen LogP contribution in [-0.4, -0.2) is 25.8 Å². The third kappa shape index (κ3) is 4.63. The Morgan fingerprint density at radius 1 is 1.28 bits per heavy atom. The van der Waals surface area contributed by atoms with E-state index in [9.17, 15) is 4.79 Å². The number of hydrogen-bond donors (Lipinski definition) is 2.